The van der Waals surface area contributed by atoms with Crippen LogP contribution in [0.1, 0.15) is 0 Å². The van der Waals surface area contributed by atoms with Gasteiger partial charge in [0.2, 0.25) is 0 Å². The average molecular weight is 816 g/mol. The Balaban J connectivity index is 0.992. The maximum atomic E-state index is 6.29. The van der Waals surface area contributed by atoms with E-state index in [-0.39, 0.29) is 0 Å². The summed E-state index contributed by atoms with van der Waals surface area (Å²) in [5, 5.41) is 9.63. The summed E-state index contributed by atoms with van der Waals surface area (Å²) in [6.45, 7) is 0. The number of fused-ring (bicyclic) bond motifs is 12. The average Bonchev–Trinajstić information content (AvgIpc) is 4.10. The molecule has 14 rings (SSSR count). The highest BCUT2D eigenvalue weighted by Gasteiger charge is 2.19. The van der Waals surface area contributed by atoms with E-state index in [2.05, 4.69) is 226 Å². The molecule has 4 nitrogen and oxygen atoms in total. The van der Waals surface area contributed by atoms with Gasteiger partial charge in [0.25, 0.3) is 0 Å². The molecule has 0 spiro atoms. The molecular formula is C60H37N3O. The van der Waals surface area contributed by atoms with Crippen LogP contribution in [0.5, 0.6) is 0 Å². The molecule has 0 bridgehead atoms. The number of rotatable bonds is 5. The Morgan fingerprint density at radius 3 is 1.23 bits per heavy atom. The van der Waals surface area contributed by atoms with Crippen molar-refractivity contribution in [2.24, 2.45) is 0 Å². The van der Waals surface area contributed by atoms with E-state index in [0.29, 0.717) is 0 Å². The van der Waals surface area contributed by atoms with Gasteiger partial charge in [0.05, 0.1) is 33.1 Å². The monoisotopic (exact) mass is 815 g/mol. The quantitative estimate of drug-likeness (QED) is 0.170. The van der Waals surface area contributed by atoms with E-state index in [1.54, 1.807) is 0 Å². The zero-order valence-corrected chi connectivity index (χ0v) is 34.6. The fraction of sp³-hybridized carbons (Fsp3) is 0. The van der Waals surface area contributed by atoms with Crippen LogP contribution in [0, 0.1) is 0 Å². The third kappa shape index (κ3) is 5.11. The lowest BCUT2D eigenvalue weighted by atomic mass is 9.98. The molecular weight excluding hydrogens is 779 g/mol. The number of nitrogens with zero attached hydrogens (tertiary/aromatic N) is 3. The molecule has 0 saturated carbocycles. The standard InChI is InChI=1S/C60H37N3O/c1-3-13-42(14-4-1)61-54-21-11-8-18-46(54)49-33-38(24-29-55(49)61)39-25-30-56-50(34-39)51-35-40(26-31-57(51)63(56)44-27-32-60-52(37-44)48-19-9-12-22-59(48)64-60)41-23-28-47-45-17-7-10-20-53(45)62(58(47)36-41)43-15-5-2-6-16-43/h1-37H. The lowest BCUT2D eigenvalue weighted by molar-refractivity contribution is 0.669. The molecule has 0 fully saturated rings. The van der Waals surface area contributed by atoms with Gasteiger partial charge in [0, 0.05) is 60.2 Å². The lowest BCUT2D eigenvalue weighted by Crippen LogP contribution is -1.94. The van der Waals surface area contributed by atoms with Crippen LogP contribution in [0.25, 0.3) is 127 Å². The number of hydrogen-bond donors (Lipinski definition) is 0. The molecule has 14 aromatic rings. The Bertz CT molecular complexity index is 4180. The van der Waals surface area contributed by atoms with Crippen LogP contribution >= 0.6 is 0 Å². The van der Waals surface area contributed by atoms with Crippen molar-refractivity contribution in [1.82, 2.24) is 13.7 Å². The highest BCUT2D eigenvalue weighted by molar-refractivity contribution is 6.15. The van der Waals surface area contributed by atoms with Crippen LogP contribution in [0.4, 0.5) is 0 Å². The van der Waals surface area contributed by atoms with Crippen LogP contribution in [-0.2, 0) is 0 Å². The van der Waals surface area contributed by atoms with E-state index in [1.165, 1.54) is 76.6 Å². The normalized spacial score (nSPS) is 12.1. The van der Waals surface area contributed by atoms with Gasteiger partial charge in [-0.1, -0.05) is 121 Å². The van der Waals surface area contributed by atoms with Crippen molar-refractivity contribution in [3.63, 3.8) is 0 Å². The summed E-state index contributed by atoms with van der Waals surface area (Å²) in [6, 6.07) is 81.7. The molecule has 0 unspecified atom stereocenters. The van der Waals surface area contributed by atoms with E-state index >= 15 is 0 Å². The Morgan fingerprint density at radius 1 is 0.219 bits per heavy atom. The Morgan fingerprint density at radius 2 is 0.625 bits per heavy atom. The molecule has 4 heterocycles. The molecule has 298 valence electrons. The molecule has 0 amide bonds. The molecule has 0 radical (unpaired) electrons. The van der Waals surface area contributed by atoms with E-state index < -0.39 is 0 Å². The van der Waals surface area contributed by atoms with Gasteiger partial charge in [-0.05, 0) is 125 Å². The molecule has 0 aliphatic rings. The molecule has 10 aromatic carbocycles. The second-order valence-corrected chi connectivity index (χ2v) is 16.9. The second kappa shape index (κ2) is 13.4. The molecule has 4 aromatic heterocycles. The SMILES string of the molecule is c1ccc(-n2c3ccccc3c3cc(-c4ccc5c(c4)c4cc(-c6ccc7c8ccccc8n(-c8ccccc8)c7c6)ccc4n5-c4ccc5oc6ccccc6c5c4)ccc32)cc1. The minimum absolute atomic E-state index is 0.891. The van der Waals surface area contributed by atoms with Crippen molar-refractivity contribution in [3.05, 3.63) is 224 Å². The zero-order valence-electron chi connectivity index (χ0n) is 34.6. The number of aromatic nitrogens is 3. The molecule has 0 aliphatic heterocycles. The Hall–Kier alpha value is -8.60. The van der Waals surface area contributed by atoms with Crippen LogP contribution in [0.15, 0.2) is 229 Å². The van der Waals surface area contributed by atoms with Crippen LogP contribution in [-0.4, -0.2) is 13.7 Å². The van der Waals surface area contributed by atoms with Gasteiger partial charge >= 0.3 is 0 Å². The Labute approximate surface area is 367 Å². The molecule has 64 heavy (non-hydrogen) atoms. The number of benzene rings is 10. The smallest absolute Gasteiger partial charge is 0.135 e. The van der Waals surface area contributed by atoms with Crippen molar-refractivity contribution in [2.75, 3.05) is 0 Å². The summed E-state index contributed by atoms with van der Waals surface area (Å²) >= 11 is 0. The topological polar surface area (TPSA) is 27.9 Å². The first-order chi connectivity index (χ1) is 31.7. The van der Waals surface area contributed by atoms with Gasteiger partial charge in [-0.15, -0.1) is 0 Å². The highest BCUT2D eigenvalue weighted by Crippen LogP contribution is 2.42. The molecule has 0 N–H and O–H groups in total. The minimum Gasteiger partial charge on any atom is -0.456 e. The van der Waals surface area contributed by atoms with E-state index in [1.807, 2.05) is 12.1 Å². The van der Waals surface area contributed by atoms with Gasteiger partial charge in [0.15, 0.2) is 0 Å². The molecule has 4 heteroatoms. The molecule has 0 saturated heterocycles. The van der Waals surface area contributed by atoms with Gasteiger partial charge in [-0.25, -0.2) is 0 Å². The van der Waals surface area contributed by atoms with Gasteiger partial charge in [-0.2, -0.15) is 0 Å². The predicted octanol–water partition coefficient (Wildman–Crippen LogP) is 16.2. The first kappa shape index (κ1) is 35.0. The summed E-state index contributed by atoms with van der Waals surface area (Å²) in [7, 11) is 0. The number of para-hydroxylation sites is 5. The van der Waals surface area contributed by atoms with Crippen molar-refractivity contribution in [1.29, 1.82) is 0 Å². The van der Waals surface area contributed by atoms with Crippen LogP contribution in [0.3, 0.4) is 0 Å². The van der Waals surface area contributed by atoms with Gasteiger partial charge in [-0.3, -0.25) is 0 Å². The third-order valence-electron chi connectivity index (χ3n) is 13.4. The predicted molar refractivity (Wildman–Crippen MR) is 268 cm³/mol. The van der Waals surface area contributed by atoms with Gasteiger partial charge in [0.1, 0.15) is 11.2 Å². The summed E-state index contributed by atoms with van der Waals surface area (Å²) in [5.74, 6) is 0. The first-order valence-electron chi connectivity index (χ1n) is 21.9. The summed E-state index contributed by atoms with van der Waals surface area (Å²) < 4.78 is 13.5. The maximum absolute atomic E-state index is 6.29. The number of furan rings is 1. The first-order valence-corrected chi connectivity index (χ1v) is 21.9. The van der Waals surface area contributed by atoms with E-state index in [4.69, 9.17) is 4.42 Å². The fourth-order valence-electron chi connectivity index (χ4n) is 10.5. The largest absolute Gasteiger partial charge is 0.456 e. The van der Waals surface area contributed by atoms with Crippen molar-refractivity contribution in [3.8, 4) is 39.3 Å². The van der Waals surface area contributed by atoms with Crippen molar-refractivity contribution in [2.45, 2.75) is 0 Å². The Kier molecular flexibility index (Phi) is 7.36. The second-order valence-electron chi connectivity index (χ2n) is 16.9. The molecule has 0 aliphatic carbocycles. The third-order valence-corrected chi connectivity index (χ3v) is 13.4. The molecule has 0 atom stereocenters. The van der Waals surface area contributed by atoms with E-state index in [0.717, 1.165) is 50.0 Å². The summed E-state index contributed by atoms with van der Waals surface area (Å²) in [6.07, 6.45) is 0. The van der Waals surface area contributed by atoms with E-state index in [9.17, 15) is 0 Å². The van der Waals surface area contributed by atoms with Crippen molar-refractivity contribution >= 4 is 87.4 Å². The fourth-order valence-corrected chi connectivity index (χ4v) is 10.5. The van der Waals surface area contributed by atoms with Crippen LogP contribution < -0.4 is 0 Å². The van der Waals surface area contributed by atoms with Gasteiger partial charge < -0.3 is 18.1 Å². The van der Waals surface area contributed by atoms with Crippen molar-refractivity contribution < 1.29 is 4.42 Å². The highest BCUT2D eigenvalue weighted by atomic mass is 16.3. The zero-order chi connectivity index (χ0) is 41.9. The minimum atomic E-state index is 0.891. The summed E-state index contributed by atoms with van der Waals surface area (Å²) in [5.41, 5.74) is 17.0. The maximum Gasteiger partial charge on any atom is 0.135 e. The lowest BCUT2D eigenvalue weighted by Gasteiger charge is -2.10. The summed E-state index contributed by atoms with van der Waals surface area (Å²) in [4.78, 5) is 0. The number of hydrogen-bond acceptors (Lipinski definition) is 1. The van der Waals surface area contributed by atoms with Crippen LogP contribution in [0.2, 0.25) is 0 Å².